The van der Waals surface area contributed by atoms with Crippen molar-refractivity contribution in [2.24, 2.45) is 0 Å². The Kier molecular flexibility index (Phi) is 5.91. The van der Waals surface area contributed by atoms with Crippen molar-refractivity contribution >= 4 is 17.5 Å². The fourth-order valence-corrected chi connectivity index (χ4v) is 3.88. The lowest BCUT2D eigenvalue weighted by molar-refractivity contribution is 0.0781. The van der Waals surface area contributed by atoms with Gasteiger partial charge in [-0.25, -0.2) is 4.68 Å². The van der Waals surface area contributed by atoms with Gasteiger partial charge in [-0.1, -0.05) is 60.1 Å². The average molecular weight is 434 g/mol. The largest absolute Gasteiger partial charge is 0.336 e. The summed E-state index contributed by atoms with van der Waals surface area (Å²) in [6, 6.07) is 19.6. The second kappa shape index (κ2) is 8.78. The van der Waals surface area contributed by atoms with Crippen LogP contribution in [0.4, 0.5) is 0 Å². The third-order valence-corrected chi connectivity index (χ3v) is 5.62. The second-order valence-corrected chi connectivity index (χ2v) is 7.75. The number of aryl methyl sites for hydroxylation is 1. The molecule has 0 spiro atoms. The molecule has 2 aromatic carbocycles. The Labute approximate surface area is 186 Å². The van der Waals surface area contributed by atoms with Crippen LogP contribution in [0.1, 0.15) is 28.7 Å². The monoisotopic (exact) mass is 433 g/mol. The van der Waals surface area contributed by atoms with E-state index in [1.54, 1.807) is 18.1 Å². The maximum Gasteiger partial charge on any atom is 0.258 e. The lowest BCUT2D eigenvalue weighted by Crippen LogP contribution is -2.28. The predicted molar refractivity (Wildman–Crippen MR) is 122 cm³/mol. The molecular formula is C24H24ClN5O. The molecule has 7 heteroatoms. The molecule has 0 aliphatic heterocycles. The van der Waals surface area contributed by atoms with E-state index in [0.717, 1.165) is 22.6 Å². The molecule has 1 amide bonds. The molecule has 0 radical (unpaired) electrons. The summed E-state index contributed by atoms with van der Waals surface area (Å²) in [5, 5.41) is 9.66. The lowest BCUT2D eigenvalue weighted by atomic mass is 10.0. The van der Waals surface area contributed by atoms with Gasteiger partial charge in [0.1, 0.15) is 5.69 Å². The van der Waals surface area contributed by atoms with Gasteiger partial charge in [0.25, 0.3) is 5.91 Å². The fraction of sp³-hybridized carbons (Fsp3) is 0.208. The van der Waals surface area contributed by atoms with Crippen LogP contribution in [-0.4, -0.2) is 37.4 Å². The normalized spacial score (nSPS) is 11.0. The van der Waals surface area contributed by atoms with E-state index in [0.29, 0.717) is 29.4 Å². The summed E-state index contributed by atoms with van der Waals surface area (Å²) in [4.78, 5) is 15.3. The summed E-state index contributed by atoms with van der Waals surface area (Å²) in [6.07, 6.45) is 1.62. The van der Waals surface area contributed by atoms with E-state index in [4.69, 9.17) is 16.7 Å². The number of carbonyl (C=O) groups is 1. The molecule has 0 atom stereocenters. The van der Waals surface area contributed by atoms with Crippen LogP contribution in [0.5, 0.6) is 0 Å². The van der Waals surface area contributed by atoms with Gasteiger partial charge in [0, 0.05) is 19.2 Å². The summed E-state index contributed by atoms with van der Waals surface area (Å²) in [7, 11) is 1.78. The zero-order valence-corrected chi connectivity index (χ0v) is 18.5. The number of benzene rings is 2. The first-order valence-corrected chi connectivity index (χ1v) is 10.5. The zero-order chi connectivity index (χ0) is 22.0. The Morgan fingerprint density at radius 3 is 2.35 bits per heavy atom. The van der Waals surface area contributed by atoms with Gasteiger partial charge in [-0.15, -0.1) is 0 Å². The Morgan fingerprint density at radius 2 is 1.71 bits per heavy atom. The molecule has 0 saturated heterocycles. The third kappa shape index (κ3) is 3.99. The van der Waals surface area contributed by atoms with E-state index >= 15 is 0 Å². The number of nitrogens with zero attached hydrogens (tertiary/aromatic N) is 5. The first kappa shape index (κ1) is 20.9. The molecule has 0 aliphatic rings. The van der Waals surface area contributed by atoms with Crippen LogP contribution in [0.3, 0.4) is 0 Å². The second-order valence-electron chi connectivity index (χ2n) is 7.34. The van der Waals surface area contributed by atoms with Crippen LogP contribution in [0.25, 0.3) is 16.9 Å². The Morgan fingerprint density at radius 1 is 1.06 bits per heavy atom. The molecule has 0 saturated carbocycles. The van der Waals surface area contributed by atoms with Crippen LogP contribution in [0, 0.1) is 6.92 Å². The van der Waals surface area contributed by atoms with Crippen LogP contribution in [0.2, 0.25) is 5.02 Å². The van der Waals surface area contributed by atoms with Gasteiger partial charge in [0.15, 0.2) is 0 Å². The molecule has 0 unspecified atom stereocenters. The molecule has 0 fully saturated rings. The Balaban J connectivity index is 1.78. The molecule has 4 rings (SSSR count). The highest BCUT2D eigenvalue weighted by Gasteiger charge is 2.26. The molecule has 0 N–H and O–H groups in total. The molecule has 6 nitrogen and oxygen atoms in total. The van der Waals surface area contributed by atoms with Gasteiger partial charge >= 0.3 is 0 Å². The summed E-state index contributed by atoms with van der Waals surface area (Å²) in [5.41, 5.74) is 4.65. The highest BCUT2D eigenvalue weighted by Crippen LogP contribution is 2.29. The Bertz CT molecular complexity index is 1200. The smallest absolute Gasteiger partial charge is 0.258 e. The highest BCUT2D eigenvalue weighted by molar-refractivity contribution is 6.31. The highest BCUT2D eigenvalue weighted by atomic mass is 35.5. The Hall–Kier alpha value is -3.38. The van der Waals surface area contributed by atoms with E-state index in [2.05, 4.69) is 5.10 Å². The first-order chi connectivity index (χ1) is 15.0. The maximum atomic E-state index is 13.6. The minimum absolute atomic E-state index is 0.113. The summed E-state index contributed by atoms with van der Waals surface area (Å²) in [6.45, 7) is 4.97. The van der Waals surface area contributed by atoms with E-state index in [9.17, 15) is 4.79 Å². The van der Waals surface area contributed by atoms with E-state index < -0.39 is 0 Å². The molecule has 158 valence electrons. The van der Waals surface area contributed by atoms with Crippen molar-refractivity contribution in [3.63, 3.8) is 0 Å². The number of para-hydroxylation sites is 1. The standard InChI is InChI=1S/C24H24ClN5O/c1-4-29-21(20(25)15-26-29)16-28(3)24(31)22-17(2)30(19-13-9-6-10-14-19)27-23(22)18-11-7-5-8-12-18/h5-15H,4,16H2,1-3H3. The van der Waals surface area contributed by atoms with Crippen molar-refractivity contribution in [1.29, 1.82) is 0 Å². The number of aromatic nitrogens is 4. The first-order valence-electron chi connectivity index (χ1n) is 10.2. The van der Waals surface area contributed by atoms with Gasteiger partial charge in [-0.3, -0.25) is 9.48 Å². The van der Waals surface area contributed by atoms with Crippen molar-refractivity contribution in [3.8, 4) is 16.9 Å². The molecule has 0 bridgehead atoms. The van der Waals surface area contributed by atoms with Gasteiger partial charge in [0.2, 0.25) is 0 Å². The fourth-order valence-electron chi connectivity index (χ4n) is 3.68. The van der Waals surface area contributed by atoms with Crippen molar-refractivity contribution in [1.82, 2.24) is 24.5 Å². The zero-order valence-electron chi connectivity index (χ0n) is 17.8. The summed E-state index contributed by atoms with van der Waals surface area (Å²) < 4.78 is 3.64. The lowest BCUT2D eigenvalue weighted by Gasteiger charge is -2.19. The molecule has 31 heavy (non-hydrogen) atoms. The summed E-state index contributed by atoms with van der Waals surface area (Å²) in [5.74, 6) is -0.113. The van der Waals surface area contributed by atoms with E-state index in [-0.39, 0.29) is 5.91 Å². The van der Waals surface area contributed by atoms with E-state index in [1.807, 2.05) is 83.9 Å². The molecule has 2 heterocycles. The molecule has 2 aromatic heterocycles. The van der Waals surface area contributed by atoms with Gasteiger partial charge in [0.05, 0.1) is 40.4 Å². The molecule has 4 aromatic rings. The number of hydrogen-bond donors (Lipinski definition) is 0. The molecular weight excluding hydrogens is 410 g/mol. The number of carbonyl (C=O) groups excluding carboxylic acids is 1. The van der Waals surface area contributed by atoms with Gasteiger partial charge in [-0.2, -0.15) is 10.2 Å². The number of halogens is 1. The quantitative estimate of drug-likeness (QED) is 0.430. The predicted octanol–water partition coefficient (Wildman–Crippen LogP) is 4.99. The van der Waals surface area contributed by atoms with Crippen LogP contribution >= 0.6 is 11.6 Å². The number of hydrogen-bond acceptors (Lipinski definition) is 3. The minimum atomic E-state index is -0.113. The number of amides is 1. The summed E-state index contributed by atoms with van der Waals surface area (Å²) >= 11 is 6.32. The van der Waals surface area contributed by atoms with E-state index in [1.165, 1.54) is 0 Å². The average Bonchev–Trinajstić information content (AvgIpc) is 3.34. The topological polar surface area (TPSA) is 56.0 Å². The van der Waals surface area contributed by atoms with Crippen molar-refractivity contribution < 1.29 is 4.79 Å². The minimum Gasteiger partial charge on any atom is -0.336 e. The van der Waals surface area contributed by atoms with Crippen LogP contribution in [0.15, 0.2) is 66.9 Å². The molecule has 0 aliphatic carbocycles. The number of rotatable bonds is 6. The van der Waals surface area contributed by atoms with Gasteiger partial charge in [-0.05, 0) is 26.0 Å². The van der Waals surface area contributed by atoms with Crippen LogP contribution < -0.4 is 0 Å². The maximum absolute atomic E-state index is 13.6. The van der Waals surface area contributed by atoms with Crippen molar-refractivity contribution in [2.75, 3.05) is 7.05 Å². The van der Waals surface area contributed by atoms with Crippen molar-refractivity contribution in [2.45, 2.75) is 26.9 Å². The van der Waals surface area contributed by atoms with Crippen molar-refractivity contribution in [3.05, 3.63) is 88.8 Å². The van der Waals surface area contributed by atoms with Gasteiger partial charge < -0.3 is 4.90 Å². The SMILES string of the molecule is CCn1ncc(Cl)c1CN(C)C(=O)c1c(-c2ccccc2)nn(-c2ccccc2)c1C. The van der Waals surface area contributed by atoms with Crippen LogP contribution in [-0.2, 0) is 13.1 Å². The third-order valence-electron chi connectivity index (χ3n) is 5.31.